The van der Waals surface area contributed by atoms with Crippen LogP contribution >= 0.6 is 0 Å². The smallest absolute Gasteiger partial charge is 0.257 e. The minimum absolute atomic E-state index is 0.165. The second-order valence-electron chi connectivity index (χ2n) is 5.95. The third-order valence-electron chi connectivity index (χ3n) is 4.20. The van der Waals surface area contributed by atoms with Gasteiger partial charge in [-0.2, -0.15) is 0 Å². The third kappa shape index (κ3) is 3.52. The van der Waals surface area contributed by atoms with Crippen LogP contribution in [0, 0.1) is 13.8 Å². The molecule has 0 aromatic carbocycles. The van der Waals surface area contributed by atoms with E-state index in [1.807, 2.05) is 18.3 Å². The van der Waals surface area contributed by atoms with Crippen molar-refractivity contribution in [3.63, 3.8) is 0 Å². The van der Waals surface area contributed by atoms with E-state index in [9.17, 15) is 4.79 Å². The number of carbonyl (C=O) groups is 1. The van der Waals surface area contributed by atoms with Gasteiger partial charge in [0, 0.05) is 25.8 Å². The van der Waals surface area contributed by atoms with Crippen LogP contribution in [0.1, 0.15) is 46.6 Å². The van der Waals surface area contributed by atoms with Crippen LogP contribution < -0.4 is 10.2 Å². The number of carbonyl (C=O) groups excluding carboxylic acids is 1. The summed E-state index contributed by atoms with van der Waals surface area (Å²) in [7, 11) is 0. The first-order chi connectivity index (χ1) is 11.1. The van der Waals surface area contributed by atoms with Crippen molar-refractivity contribution in [1.29, 1.82) is 0 Å². The molecule has 0 saturated carbocycles. The van der Waals surface area contributed by atoms with Crippen molar-refractivity contribution in [2.24, 2.45) is 0 Å². The first-order valence-corrected chi connectivity index (χ1v) is 8.06. The van der Waals surface area contributed by atoms with Gasteiger partial charge < -0.3 is 14.7 Å². The summed E-state index contributed by atoms with van der Waals surface area (Å²) in [5.41, 5.74) is 2.10. The molecular weight excluding hydrogens is 292 g/mol. The Labute approximate surface area is 135 Å². The monoisotopic (exact) mass is 314 g/mol. The molecular formula is C17H22N4O2. The summed E-state index contributed by atoms with van der Waals surface area (Å²) in [4.78, 5) is 19.0. The zero-order chi connectivity index (χ0) is 16.2. The Morgan fingerprint density at radius 2 is 2.04 bits per heavy atom. The molecule has 0 unspecified atom stereocenters. The molecule has 3 rings (SSSR count). The third-order valence-corrected chi connectivity index (χ3v) is 4.20. The number of hydrogen-bond donors (Lipinski definition) is 1. The predicted octanol–water partition coefficient (Wildman–Crippen LogP) is 2.61. The van der Waals surface area contributed by atoms with E-state index in [-0.39, 0.29) is 5.91 Å². The number of nitrogens with one attached hydrogen (secondary N) is 1. The molecule has 1 saturated heterocycles. The molecule has 0 atom stereocenters. The lowest BCUT2D eigenvalue weighted by Gasteiger charge is -2.27. The molecule has 1 aliphatic heterocycles. The van der Waals surface area contributed by atoms with Crippen LogP contribution in [0.25, 0.3) is 0 Å². The lowest BCUT2D eigenvalue weighted by Crippen LogP contribution is -2.30. The fourth-order valence-corrected chi connectivity index (χ4v) is 2.91. The van der Waals surface area contributed by atoms with E-state index in [0.29, 0.717) is 23.6 Å². The van der Waals surface area contributed by atoms with Crippen molar-refractivity contribution >= 4 is 11.7 Å². The Hall–Kier alpha value is -2.37. The Bertz CT molecular complexity index is 653. The van der Waals surface area contributed by atoms with Gasteiger partial charge in [0.2, 0.25) is 0 Å². The van der Waals surface area contributed by atoms with Crippen LogP contribution in [-0.4, -0.2) is 29.1 Å². The Morgan fingerprint density at radius 3 is 2.65 bits per heavy atom. The number of amides is 1. The molecule has 1 fully saturated rings. The van der Waals surface area contributed by atoms with Gasteiger partial charge in [0.15, 0.2) is 0 Å². The molecule has 0 spiro atoms. The van der Waals surface area contributed by atoms with E-state index in [4.69, 9.17) is 4.52 Å². The van der Waals surface area contributed by atoms with Crippen LogP contribution in [0.4, 0.5) is 5.82 Å². The van der Waals surface area contributed by atoms with Crippen LogP contribution in [0.5, 0.6) is 0 Å². The first-order valence-electron chi connectivity index (χ1n) is 8.06. The van der Waals surface area contributed by atoms with Crippen LogP contribution in [0.2, 0.25) is 0 Å². The summed E-state index contributed by atoms with van der Waals surface area (Å²) in [5.74, 6) is 1.39. The van der Waals surface area contributed by atoms with E-state index in [1.165, 1.54) is 19.3 Å². The van der Waals surface area contributed by atoms with Gasteiger partial charge in [0.05, 0.1) is 5.69 Å². The van der Waals surface area contributed by atoms with Gasteiger partial charge in [0.25, 0.3) is 5.91 Å². The van der Waals surface area contributed by atoms with Crippen molar-refractivity contribution < 1.29 is 9.32 Å². The summed E-state index contributed by atoms with van der Waals surface area (Å²) in [5, 5.41) is 6.69. The second kappa shape index (κ2) is 6.81. The molecule has 122 valence electrons. The zero-order valence-electron chi connectivity index (χ0n) is 13.6. The number of anilines is 1. The minimum atomic E-state index is -0.165. The summed E-state index contributed by atoms with van der Waals surface area (Å²) in [6.45, 7) is 6.10. The maximum absolute atomic E-state index is 12.2. The van der Waals surface area contributed by atoms with E-state index in [0.717, 1.165) is 24.5 Å². The van der Waals surface area contributed by atoms with Crippen molar-refractivity contribution in [1.82, 2.24) is 15.5 Å². The Morgan fingerprint density at radius 1 is 1.26 bits per heavy atom. The van der Waals surface area contributed by atoms with E-state index >= 15 is 0 Å². The summed E-state index contributed by atoms with van der Waals surface area (Å²) < 4.78 is 5.02. The maximum atomic E-state index is 12.2. The van der Waals surface area contributed by atoms with Gasteiger partial charge in [-0.3, -0.25) is 4.79 Å². The van der Waals surface area contributed by atoms with Gasteiger partial charge >= 0.3 is 0 Å². The highest BCUT2D eigenvalue weighted by molar-refractivity contribution is 5.96. The highest BCUT2D eigenvalue weighted by atomic mass is 16.5. The number of rotatable bonds is 4. The number of aryl methyl sites for hydroxylation is 2. The van der Waals surface area contributed by atoms with Crippen molar-refractivity contribution in [3.05, 3.63) is 40.9 Å². The standard InChI is InChI=1S/C17H22N4O2/c1-12-16(13(2)23-20-12)17(22)19-11-14-6-7-15(18-10-14)21-8-4-3-5-9-21/h6-7,10H,3-5,8-9,11H2,1-2H3,(H,19,22). The van der Waals surface area contributed by atoms with Gasteiger partial charge in [-0.1, -0.05) is 11.2 Å². The van der Waals surface area contributed by atoms with Crippen LogP contribution in [-0.2, 0) is 6.54 Å². The van der Waals surface area contributed by atoms with Crippen molar-refractivity contribution in [3.8, 4) is 0 Å². The average molecular weight is 314 g/mol. The number of piperidine rings is 1. The fraction of sp³-hybridized carbons (Fsp3) is 0.471. The highest BCUT2D eigenvalue weighted by Gasteiger charge is 2.17. The SMILES string of the molecule is Cc1noc(C)c1C(=O)NCc1ccc(N2CCCCC2)nc1. The summed E-state index contributed by atoms with van der Waals surface area (Å²) >= 11 is 0. The molecule has 2 aromatic heterocycles. The predicted molar refractivity (Wildman–Crippen MR) is 87.4 cm³/mol. The Kier molecular flexibility index (Phi) is 4.60. The van der Waals surface area contributed by atoms with Gasteiger partial charge in [-0.05, 0) is 44.7 Å². The molecule has 0 radical (unpaired) electrons. The van der Waals surface area contributed by atoms with Gasteiger partial charge in [-0.25, -0.2) is 4.98 Å². The summed E-state index contributed by atoms with van der Waals surface area (Å²) in [6.07, 6.45) is 5.60. The van der Waals surface area contributed by atoms with E-state index in [1.54, 1.807) is 13.8 Å². The van der Waals surface area contributed by atoms with E-state index < -0.39 is 0 Å². The Balaban J connectivity index is 1.59. The molecule has 3 heterocycles. The number of nitrogens with zero attached hydrogens (tertiary/aromatic N) is 3. The number of pyridine rings is 1. The van der Waals surface area contributed by atoms with Crippen molar-refractivity contribution in [2.75, 3.05) is 18.0 Å². The minimum Gasteiger partial charge on any atom is -0.361 e. The molecule has 0 bridgehead atoms. The fourth-order valence-electron chi connectivity index (χ4n) is 2.91. The zero-order valence-corrected chi connectivity index (χ0v) is 13.6. The first kappa shape index (κ1) is 15.5. The topological polar surface area (TPSA) is 71.3 Å². The lowest BCUT2D eigenvalue weighted by molar-refractivity contribution is 0.0949. The molecule has 23 heavy (non-hydrogen) atoms. The largest absolute Gasteiger partial charge is 0.361 e. The van der Waals surface area contributed by atoms with E-state index in [2.05, 4.69) is 20.4 Å². The molecule has 1 N–H and O–H groups in total. The average Bonchev–Trinajstić information content (AvgIpc) is 2.93. The summed E-state index contributed by atoms with van der Waals surface area (Å²) in [6, 6.07) is 4.05. The molecule has 2 aromatic rings. The van der Waals surface area contributed by atoms with Gasteiger partial charge in [-0.15, -0.1) is 0 Å². The quantitative estimate of drug-likeness (QED) is 0.939. The lowest BCUT2D eigenvalue weighted by atomic mass is 10.1. The maximum Gasteiger partial charge on any atom is 0.257 e. The molecule has 1 aliphatic rings. The van der Waals surface area contributed by atoms with Crippen molar-refractivity contribution in [2.45, 2.75) is 39.7 Å². The van der Waals surface area contributed by atoms with Crippen LogP contribution in [0.3, 0.4) is 0 Å². The molecule has 6 nitrogen and oxygen atoms in total. The highest BCUT2D eigenvalue weighted by Crippen LogP contribution is 2.17. The molecule has 6 heteroatoms. The molecule has 1 amide bonds. The second-order valence-corrected chi connectivity index (χ2v) is 5.95. The number of aromatic nitrogens is 2. The van der Waals surface area contributed by atoms with Gasteiger partial charge in [0.1, 0.15) is 17.1 Å². The number of hydrogen-bond acceptors (Lipinski definition) is 5. The van der Waals surface area contributed by atoms with Crippen LogP contribution in [0.15, 0.2) is 22.9 Å². The molecule has 0 aliphatic carbocycles. The normalized spacial score (nSPS) is 14.8.